The predicted octanol–water partition coefficient (Wildman–Crippen LogP) is 3.00. The number of carbonyl (C=O) groups is 3. The van der Waals surface area contributed by atoms with E-state index in [2.05, 4.69) is 5.43 Å². The zero-order valence-corrected chi connectivity index (χ0v) is 16.9. The zero-order valence-electron chi connectivity index (χ0n) is 15.2. The topological polar surface area (TPSA) is 95.9 Å². The molecule has 0 bridgehead atoms. The lowest BCUT2D eigenvalue weighted by Gasteiger charge is -2.15. The maximum absolute atomic E-state index is 12.7. The molecule has 148 valence electrons. The average Bonchev–Trinajstić information content (AvgIpc) is 2.94. The fourth-order valence-corrected chi connectivity index (χ4v) is 3.61. The Hall–Kier alpha value is -3.17. The van der Waals surface area contributed by atoms with Gasteiger partial charge in [0.05, 0.1) is 4.91 Å². The van der Waals surface area contributed by atoms with Gasteiger partial charge in [0.15, 0.2) is 10.9 Å². The average molecular weight is 428 g/mol. The Morgan fingerprint density at radius 1 is 1.24 bits per heavy atom. The van der Waals surface area contributed by atoms with Crippen molar-refractivity contribution in [1.29, 1.82) is 0 Å². The third-order valence-electron chi connectivity index (χ3n) is 3.84. The number of hydrogen-bond acceptors (Lipinski definition) is 6. The van der Waals surface area contributed by atoms with Gasteiger partial charge >= 0.3 is 5.97 Å². The van der Waals surface area contributed by atoms with Crippen LogP contribution in [0.25, 0.3) is 6.08 Å². The molecule has 1 heterocycles. The Labute approximate surface area is 176 Å². The van der Waals surface area contributed by atoms with Crippen molar-refractivity contribution in [3.63, 3.8) is 0 Å². The number of thiocarbonyl (C=S) groups is 1. The molecular formula is C20H16N2O5S2. The summed E-state index contributed by atoms with van der Waals surface area (Å²) in [6, 6.07) is 13.6. The van der Waals surface area contributed by atoms with Gasteiger partial charge in [-0.15, -0.1) is 0 Å². The number of ether oxygens (including phenoxy) is 1. The van der Waals surface area contributed by atoms with Crippen LogP contribution >= 0.6 is 24.0 Å². The number of benzene rings is 2. The summed E-state index contributed by atoms with van der Waals surface area (Å²) in [6.07, 6.45) is 1.60. The number of nitrogens with zero attached hydrogens (tertiary/aromatic N) is 1. The van der Waals surface area contributed by atoms with E-state index < -0.39 is 24.4 Å². The van der Waals surface area contributed by atoms with Crippen LogP contribution in [-0.4, -0.2) is 38.8 Å². The quantitative estimate of drug-likeness (QED) is 0.539. The standard InChI is InChI=1S/C20H16N2O5S2/c1-12-5-7-14(8-6-12)18(25)21-22-19(26)16(29-20(22)28)10-13-3-2-4-15(9-13)27-11-17(23)24/h2-10H,11H2,1H3,(H,21,25)(H,23,24)/b16-10+. The maximum atomic E-state index is 12.7. The highest BCUT2D eigenvalue weighted by atomic mass is 32.2. The van der Waals surface area contributed by atoms with Gasteiger partial charge in [-0.3, -0.25) is 15.0 Å². The molecule has 0 saturated carbocycles. The number of aliphatic carboxylic acids is 1. The first-order valence-electron chi connectivity index (χ1n) is 8.44. The third kappa shape index (κ3) is 5.21. The Bertz CT molecular complexity index is 1020. The number of thioether (sulfide) groups is 1. The molecule has 1 aliphatic rings. The van der Waals surface area contributed by atoms with Gasteiger partial charge in [-0.25, -0.2) is 4.79 Å². The number of carboxylic acid groups (broad SMARTS) is 1. The second kappa shape index (κ2) is 8.89. The molecule has 0 aliphatic carbocycles. The number of carbonyl (C=O) groups excluding carboxylic acids is 2. The molecule has 1 saturated heterocycles. The van der Waals surface area contributed by atoms with Gasteiger partial charge in [-0.2, -0.15) is 5.01 Å². The van der Waals surface area contributed by atoms with Gasteiger partial charge in [0, 0.05) is 5.56 Å². The lowest BCUT2D eigenvalue weighted by molar-refractivity contribution is -0.139. The summed E-state index contributed by atoms with van der Waals surface area (Å²) < 4.78 is 5.35. The van der Waals surface area contributed by atoms with Crippen LogP contribution < -0.4 is 10.2 Å². The molecule has 7 nitrogen and oxygen atoms in total. The fourth-order valence-electron chi connectivity index (χ4n) is 2.43. The minimum absolute atomic E-state index is 0.208. The fraction of sp³-hybridized carbons (Fsp3) is 0.100. The molecule has 9 heteroatoms. The SMILES string of the molecule is Cc1ccc(C(=O)NN2C(=O)/C(=C\c3cccc(OCC(=O)O)c3)SC2=S)cc1. The summed E-state index contributed by atoms with van der Waals surface area (Å²) in [5.74, 6) is -1.60. The molecule has 0 unspecified atom stereocenters. The van der Waals surface area contributed by atoms with E-state index >= 15 is 0 Å². The molecule has 0 atom stereocenters. The van der Waals surface area contributed by atoms with E-state index in [-0.39, 0.29) is 4.32 Å². The van der Waals surface area contributed by atoms with Crippen molar-refractivity contribution in [1.82, 2.24) is 10.4 Å². The minimum atomic E-state index is -1.08. The number of hydrogen-bond donors (Lipinski definition) is 2. The molecule has 0 spiro atoms. The molecule has 2 N–H and O–H groups in total. The summed E-state index contributed by atoms with van der Waals surface area (Å²) in [5.41, 5.74) is 4.60. The van der Waals surface area contributed by atoms with Crippen LogP contribution in [0.3, 0.4) is 0 Å². The summed E-state index contributed by atoms with van der Waals surface area (Å²) in [4.78, 5) is 36.0. The summed E-state index contributed by atoms with van der Waals surface area (Å²) >= 11 is 6.28. The van der Waals surface area contributed by atoms with Crippen LogP contribution in [-0.2, 0) is 9.59 Å². The predicted molar refractivity (Wildman–Crippen MR) is 113 cm³/mol. The van der Waals surface area contributed by atoms with E-state index in [1.54, 1.807) is 54.6 Å². The van der Waals surface area contributed by atoms with Crippen LogP contribution in [0.1, 0.15) is 21.5 Å². The van der Waals surface area contributed by atoms with Gasteiger partial charge in [0.1, 0.15) is 5.75 Å². The highest BCUT2D eigenvalue weighted by Gasteiger charge is 2.33. The minimum Gasteiger partial charge on any atom is -0.482 e. The van der Waals surface area contributed by atoms with E-state index in [1.165, 1.54) is 0 Å². The van der Waals surface area contributed by atoms with E-state index in [9.17, 15) is 14.4 Å². The second-order valence-corrected chi connectivity index (χ2v) is 7.75. The second-order valence-electron chi connectivity index (χ2n) is 6.08. The van der Waals surface area contributed by atoms with Crippen LogP contribution in [0.15, 0.2) is 53.4 Å². The van der Waals surface area contributed by atoms with Crippen molar-refractivity contribution in [2.45, 2.75) is 6.92 Å². The van der Waals surface area contributed by atoms with Crippen molar-refractivity contribution >= 4 is 52.2 Å². The van der Waals surface area contributed by atoms with Gasteiger partial charge < -0.3 is 9.84 Å². The lowest BCUT2D eigenvalue weighted by atomic mass is 10.1. The normalized spacial score (nSPS) is 14.9. The summed E-state index contributed by atoms with van der Waals surface area (Å²) in [7, 11) is 0. The van der Waals surface area contributed by atoms with Crippen molar-refractivity contribution in [3.05, 3.63) is 70.1 Å². The Kier molecular flexibility index (Phi) is 6.30. The van der Waals surface area contributed by atoms with Crippen LogP contribution in [0.2, 0.25) is 0 Å². The lowest BCUT2D eigenvalue weighted by Crippen LogP contribution is -2.44. The Morgan fingerprint density at radius 2 is 1.97 bits per heavy atom. The third-order valence-corrected chi connectivity index (χ3v) is 5.14. The van der Waals surface area contributed by atoms with E-state index in [0.717, 1.165) is 22.3 Å². The highest BCUT2D eigenvalue weighted by molar-refractivity contribution is 8.26. The van der Waals surface area contributed by atoms with Crippen molar-refractivity contribution in [2.24, 2.45) is 0 Å². The molecule has 1 fully saturated rings. The number of rotatable bonds is 6. The molecule has 3 rings (SSSR count). The van der Waals surface area contributed by atoms with Gasteiger partial charge in [-0.05, 0) is 55.0 Å². The van der Waals surface area contributed by atoms with Crippen molar-refractivity contribution in [2.75, 3.05) is 6.61 Å². The van der Waals surface area contributed by atoms with Crippen LogP contribution in [0, 0.1) is 6.92 Å². The van der Waals surface area contributed by atoms with Gasteiger partial charge in [0.2, 0.25) is 0 Å². The first-order chi connectivity index (χ1) is 13.8. The number of carboxylic acids is 1. The monoisotopic (exact) mass is 428 g/mol. The molecule has 1 aliphatic heterocycles. The Morgan fingerprint density at radius 3 is 2.66 bits per heavy atom. The van der Waals surface area contributed by atoms with E-state index in [4.69, 9.17) is 22.1 Å². The number of aryl methyl sites for hydroxylation is 1. The molecule has 2 aromatic carbocycles. The van der Waals surface area contributed by atoms with Crippen LogP contribution in [0.4, 0.5) is 0 Å². The van der Waals surface area contributed by atoms with Crippen molar-refractivity contribution < 1.29 is 24.2 Å². The number of amides is 2. The molecular weight excluding hydrogens is 412 g/mol. The summed E-state index contributed by atoms with van der Waals surface area (Å²) in [5, 5.41) is 9.74. The number of hydrazine groups is 1. The molecule has 29 heavy (non-hydrogen) atoms. The van der Waals surface area contributed by atoms with E-state index in [0.29, 0.717) is 21.8 Å². The van der Waals surface area contributed by atoms with Crippen LogP contribution in [0.5, 0.6) is 5.75 Å². The Balaban J connectivity index is 1.73. The maximum Gasteiger partial charge on any atom is 0.341 e. The highest BCUT2D eigenvalue weighted by Crippen LogP contribution is 2.32. The molecule has 2 amide bonds. The molecule has 2 aromatic rings. The van der Waals surface area contributed by atoms with Gasteiger partial charge in [0.25, 0.3) is 11.8 Å². The largest absolute Gasteiger partial charge is 0.482 e. The first kappa shape index (κ1) is 20.6. The molecule has 0 radical (unpaired) electrons. The molecule has 0 aromatic heterocycles. The van der Waals surface area contributed by atoms with Crippen molar-refractivity contribution in [3.8, 4) is 5.75 Å². The summed E-state index contributed by atoms with van der Waals surface area (Å²) in [6.45, 7) is 1.45. The number of nitrogens with one attached hydrogen (secondary N) is 1. The smallest absolute Gasteiger partial charge is 0.341 e. The van der Waals surface area contributed by atoms with E-state index in [1.807, 2.05) is 6.92 Å². The first-order valence-corrected chi connectivity index (χ1v) is 9.66. The zero-order chi connectivity index (χ0) is 21.0. The van der Waals surface area contributed by atoms with Gasteiger partial charge in [-0.1, -0.05) is 41.6 Å².